The van der Waals surface area contributed by atoms with Gasteiger partial charge in [0.05, 0.1) is 0 Å². The molecule has 2 amide bonds. The van der Waals surface area contributed by atoms with Crippen molar-refractivity contribution in [1.82, 2.24) is 10.2 Å². The summed E-state index contributed by atoms with van der Waals surface area (Å²) in [5.74, 6) is -0.352. The SMILES string of the molecule is C=CC1CCN(C(=O)NC(CCC(=O)O)Cc2ccccc2)CC1. The van der Waals surface area contributed by atoms with Crippen LogP contribution in [0.1, 0.15) is 31.2 Å². The van der Waals surface area contributed by atoms with Crippen LogP contribution in [0.3, 0.4) is 0 Å². The lowest BCUT2D eigenvalue weighted by Gasteiger charge is -2.32. The van der Waals surface area contributed by atoms with Crippen LogP contribution in [-0.4, -0.2) is 41.1 Å². The van der Waals surface area contributed by atoms with Crippen molar-refractivity contribution in [2.45, 2.75) is 38.1 Å². The van der Waals surface area contributed by atoms with Gasteiger partial charge >= 0.3 is 12.0 Å². The van der Waals surface area contributed by atoms with Gasteiger partial charge in [0.25, 0.3) is 0 Å². The first-order valence-electron chi connectivity index (χ1n) is 8.52. The Kier molecular flexibility index (Phi) is 6.85. The Morgan fingerprint density at radius 2 is 1.96 bits per heavy atom. The van der Waals surface area contributed by atoms with Crippen molar-refractivity contribution in [3.63, 3.8) is 0 Å². The average molecular weight is 330 g/mol. The van der Waals surface area contributed by atoms with Crippen molar-refractivity contribution in [3.05, 3.63) is 48.6 Å². The lowest BCUT2D eigenvalue weighted by Crippen LogP contribution is -2.48. The third-order valence-electron chi connectivity index (χ3n) is 4.52. The van der Waals surface area contributed by atoms with Crippen LogP contribution >= 0.6 is 0 Å². The zero-order chi connectivity index (χ0) is 17.4. The monoisotopic (exact) mass is 330 g/mol. The predicted octanol–water partition coefficient (Wildman–Crippen LogP) is 3.07. The molecule has 24 heavy (non-hydrogen) atoms. The maximum absolute atomic E-state index is 12.5. The van der Waals surface area contributed by atoms with Crippen LogP contribution in [0.15, 0.2) is 43.0 Å². The minimum atomic E-state index is -0.839. The molecule has 0 radical (unpaired) electrons. The number of amides is 2. The Labute approximate surface area is 143 Å². The largest absolute Gasteiger partial charge is 0.481 e. The smallest absolute Gasteiger partial charge is 0.317 e. The number of benzene rings is 1. The molecule has 1 atom stereocenters. The molecule has 1 unspecified atom stereocenters. The summed E-state index contributed by atoms with van der Waals surface area (Å²) >= 11 is 0. The highest BCUT2D eigenvalue weighted by Gasteiger charge is 2.23. The Bertz CT molecular complexity index is 551. The van der Waals surface area contributed by atoms with Gasteiger partial charge in [-0.2, -0.15) is 0 Å². The number of aliphatic carboxylic acids is 1. The Hall–Kier alpha value is -2.30. The molecule has 1 aromatic rings. The highest BCUT2D eigenvalue weighted by atomic mass is 16.4. The first-order chi connectivity index (χ1) is 11.6. The van der Waals surface area contributed by atoms with Gasteiger partial charge in [-0.15, -0.1) is 6.58 Å². The van der Waals surface area contributed by atoms with Crippen molar-refractivity contribution >= 4 is 12.0 Å². The molecular weight excluding hydrogens is 304 g/mol. The van der Waals surface area contributed by atoms with E-state index in [1.807, 2.05) is 41.3 Å². The summed E-state index contributed by atoms with van der Waals surface area (Å²) < 4.78 is 0. The van der Waals surface area contributed by atoms with Crippen LogP contribution in [0, 0.1) is 5.92 Å². The quantitative estimate of drug-likeness (QED) is 0.755. The number of nitrogens with one attached hydrogen (secondary N) is 1. The molecule has 5 heteroatoms. The molecule has 0 aliphatic carbocycles. The molecule has 1 fully saturated rings. The van der Waals surface area contributed by atoms with Crippen LogP contribution in [0.25, 0.3) is 0 Å². The minimum absolute atomic E-state index is 0.0519. The molecule has 1 aromatic carbocycles. The molecule has 130 valence electrons. The number of urea groups is 1. The zero-order valence-electron chi connectivity index (χ0n) is 14.0. The van der Waals surface area contributed by atoms with Gasteiger partial charge in [-0.1, -0.05) is 36.4 Å². The number of carboxylic acid groups (broad SMARTS) is 1. The second kappa shape index (κ2) is 9.11. The molecule has 1 aliphatic rings. The maximum Gasteiger partial charge on any atom is 0.317 e. The van der Waals surface area contributed by atoms with Gasteiger partial charge in [-0.3, -0.25) is 4.79 Å². The number of carboxylic acids is 1. The van der Waals surface area contributed by atoms with E-state index in [4.69, 9.17) is 5.11 Å². The number of hydrogen-bond acceptors (Lipinski definition) is 2. The van der Waals surface area contributed by atoms with E-state index in [-0.39, 0.29) is 18.5 Å². The van der Waals surface area contributed by atoms with E-state index in [1.54, 1.807) is 0 Å². The normalized spacial score (nSPS) is 16.4. The maximum atomic E-state index is 12.5. The van der Waals surface area contributed by atoms with Gasteiger partial charge in [0.2, 0.25) is 0 Å². The Morgan fingerprint density at radius 1 is 1.29 bits per heavy atom. The summed E-state index contributed by atoms with van der Waals surface area (Å²) in [7, 11) is 0. The van der Waals surface area contributed by atoms with Crippen molar-refractivity contribution < 1.29 is 14.7 Å². The fraction of sp³-hybridized carbons (Fsp3) is 0.474. The second-order valence-corrected chi connectivity index (χ2v) is 6.33. The molecule has 0 spiro atoms. The zero-order valence-corrected chi connectivity index (χ0v) is 14.0. The second-order valence-electron chi connectivity index (χ2n) is 6.33. The van der Waals surface area contributed by atoms with E-state index in [2.05, 4.69) is 11.9 Å². The molecule has 1 saturated heterocycles. The average Bonchev–Trinajstić information content (AvgIpc) is 2.60. The summed E-state index contributed by atoms with van der Waals surface area (Å²) in [6.07, 6.45) is 4.96. The minimum Gasteiger partial charge on any atom is -0.481 e. The van der Waals surface area contributed by atoms with Crippen molar-refractivity contribution in [2.75, 3.05) is 13.1 Å². The molecule has 2 rings (SSSR count). The van der Waals surface area contributed by atoms with E-state index < -0.39 is 5.97 Å². The summed E-state index contributed by atoms with van der Waals surface area (Å²) in [4.78, 5) is 25.2. The topological polar surface area (TPSA) is 69.6 Å². The molecule has 0 aromatic heterocycles. The number of carbonyl (C=O) groups is 2. The number of carbonyl (C=O) groups excluding carboxylic acids is 1. The van der Waals surface area contributed by atoms with E-state index >= 15 is 0 Å². The van der Waals surface area contributed by atoms with Gasteiger partial charge in [0, 0.05) is 25.6 Å². The van der Waals surface area contributed by atoms with Gasteiger partial charge in [-0.05, 0) is 37.2 Å². The number of nitrogens with zero attached hydrogens (tertiary/aromatic N) is 1. The highest BCUT2D eigenvalue weighted by Crippen LogP contribution is 2.18. The molecule has 1 aliphatic heterocycles. The van der Waals surface area contributed by atoms with Crippen molar-refractivity contribution in [1.29, 1.82) is 0 Å². The van der Waals surface area contributed by atoms with Gasteiger partial charge < -0.3 is 15.3 Å². The molecule has 1 heterocycles. The fourth-order valence-corrected chi connectivity index (χ4v) is 3.03. The van der Waals surface area contributed by atoms with E-state index in [1.165, 1.54) is 0 Å². The van der Waals surface area contributed by atoms with E-state index in [0.29, 0.717) is 18.8 Å². The van der Waals surface area contributed by atoms with Gasteiger partial charge in [0.15, 0.2) is 0 Å². The molecule has 0 saturated carbocycles. The lowest BCUT2D eigenvalue weighted by molar-refractivity contribution is -0.137. The summed E-state index contributed by atoms with van der Waals surface area (Å²) in [5.41, 5.74) is 1.10. The first kappa shape index (κ1) is 18.0. The molecule has 2 N–H and O–H groups in total. The van der Waals surface area contributed by atoms with Crippen LogP contribution in [0.2, 0.25) is 0 Å². The molecule has 5 nitrogen and oxygen atoms in total. The van der Waals surface area contributed by atoms with Crippen LogP contribution in [0.4, 0.5) is 4.79 Å². The number of likely N-dealkylation sites (tertiary alicyclic amines) is 1. The van der Waals surface area contributed by atoms with Gasteiger partial charge in [-0.25, -0.2) is 4.79 Å². The number of allylic oxidation sites excluding steroid dienone is 1. The highest BCUT2D eigenvalue weighted by molar-refractivity contribution is 5.75. The Balaban J connectivity index is 1.92. The Morgan fingerprint density at radius 3 is 2.54 bits per heavy atom. The van der Waals surface area contributed by atoms with Crippen molar-refractivity contribution in [3.8, 4) is 0 Å². The molecular formula is C19H26N2O3. The number of hydrogen-bond donors (Lipinski definition) is 2. The molecule has 0 bridgehead atoms. The van der Waals surface area contributed by atoms with Crippen molar-refractivity contribution in [2.24, 2.45) is 5.92 Å². The number of piperidine rings is 1. The summed E-state index contributed by atoms with van der Waals surface area (Å²) in [6, 6.07) is 9.57. The van der Waals surface area contributed by atoms with E-state index in [0.717, 1.165) is 31.5 Å². The summed E-state index contributed by atoms with van der Waals surface area (Å²) in [6.45, 7) is 5.26. The van der Waals surface area contributed by atoms with Crippen LogP contribution < -0.4 is 5.32 Å². The number of rotatable bonds is 7. The third kappa shape index (κ3) is 5.72. The first-order valence-corrected chi connectivity index (χ1v) is 8.52. The van der Waals surface area contributed by atoms with E-state index in [9.17, 15) is 9.59 Å². The van der Waals surface area contributed by atoms with Crippen LogP contribution in [-0.2, 0) is 11.2 Å². The fourth-order valence-electron chi connectivity index (χ4n) is 3.03. The van der Waals surface area contributed by atoms with Crippen LogP contribution in [0.5, 0.6) is 0 Å². The third-order valence-corrected chi connectivity index (χ3v) is 4.52. The lowest BCUT2D eigenvalue weighted by atomic mass is 9.97. The summed E-state index contributed by atoms with van der Waals surface area (Å²) in [5, 5.41) is 12.0. The predicted molar refractivity (Wildman–Crippen MR) is 93.8 cm³/mol. The standard InChI is InChI=1S/C19H26N2O3/c1-2-15-10-12-21(13-11-15)19(24)20-17(8-9-18(22)23)14-16-6-4-3-5-7-16/h2-7,15,17H,1,8-14H2,(H,20,24)(H,22,23). The van der Waals surface area contributed by atoms with Gasteiger partial charge in [0.1, 0.15) is 0 Å².